The molecule has 0 atom stereocenters. The lowest BCUT2D eigenvalue weighted by Crippen LogP contribution is -2.19. The van der Waals surface area contributed by atoms with Gasteiger partial charge in [0.05, 0.1) is 16.7 Å². The normalized spacial score (nSPS) is 10.6. The third-order valence-electron chi connectivity index (χ3n) is 3.86. The largest absolute Gasteiger partial charge is 0.477 e. The van der Waals surface area contributed by atoms with Crippen molar-refractivity contribution in [2.24, 2.45) is 14.1 Å². The first-order chi connectivity index (χ1) is 11.8. The predicted molar refractivity (Wildman–Crippen MR) is 92.4 cm³/mol. The van der Waals surface area contributed by atoms with Crippen molar-refractivity contribution in [1.29, 1.82) is 5.26 Å². The number of aryl methyl sites for hydroxylation is 2. The van der Waals surface area contributed by atoms with E-state index in [9.17, 15) is 14.9 Å². The van der Waals surface area contributed by atoms with E-state index >= 15 is 0 Å². The lowest BCUT2D eigenvalue weighted by molar-refractivity contribution is 0.0690. The molecular weight excluding hydrogens is 346 g/mol. The van der Waals surface area contributed by atoms with E-state index in [1.54, 1.807) is 32.3 Å². The van der Waals surface area contributed by atoms with Crippen molar-refractivity contribution in [2.75, 3.05) is 5.32 Å². The highest BCUT2D eigenvalue weighted by Gasteiger charge is 2.16. The second-order valence-electron chi connectivity index (χ2n) is 5.37. The minimum atomic E-state index is -1.25. The molecule has 9 heteroatoms. The van der Waals surface area contributed by atoms with Crippen molar-refractivity contribution in [1.82, 2.24) is 14.1 Å². The molecule has 1 aromatic carbocycles. The molecule has 8 nitrogen and oxygen atoms in total. The van der Waals surface area contributed by atoms with Crippen molar-refractivity contribution >= 4 is 40.0 Å². The van der Waals surface area contributed by atoms with Gasteiger partial charge in [0.15, 0.2) is 5.69 Å². The van der Waals surface area contributed by atoms with Gasteiger partial charge in [0.1, 0.15) is 16.8 Å². The van der Waals surface area contributed by atoms with Gasteiger partial charge in [-0.3, -0.25) is 9.13 Å². The van der Waals surface area contributed by atoms with Crippen LogP contribution in [0.1, 0.15) is 16.1 Å². The zero-order valence-corrected chi connectivity index (χ0v) is 14.0. The van der Waals surface area contributed by atoms with Crippen LogP contribution in [0.25, 0.3) is 11.0 Å². The van der Waals surface area contributed by atoms with Gasteiger partial charge in [0.25, 0.3) is 0 Å². The Morgan fingerprint density at radius 2 is 1.96 bits per heavy atom. The Labute approximate surface area is 146 Å². The van der Waals surface area contributed by atoms with Crippen LogP contribution in [0, 0.1) is 11.3 Å². The summed E-state index contributed by atoms with van der Waals surface area (Å²) in [5.74, 6) is -1.25. The molecule has 0 aliphatic carbocycles. The number of imidazole rings is 1. The Balaban J connectivity index is 2.13. The topological polar surface area (TPSA) is 113 Å². The molecule has 3 aromatic rings. The molecule has 3 rings (SSSR count). The number of nitrogens with zero attached hydrogens (tertiary/aromatic N) is 4. The van der Waals surface area contributed by atoms with E-state index in [-0.39, 0.29) is 27.8 Å². The Kier molecular flexibility index (Phi) is 3.94. The summed E-state index contributed by atoms with van der Waals surface area (Å²) in [5, 5.41) is 21.1. The van der Waals surface area contributed by atoms with E-state index in [0.717, 1.165) is 5.52 Å². The van der Waals surface area contributed by atoms with Crippen molar-refractivity contribution < 1.29 is 9.90 Å². The summed E-state index contributed by atoms with van der Waals surface area (Å²) in [6.45, 7) is 0. The maximum Gasteiger partial charge on any atom is 0.354 e. The average molecular weight is 358 g/mol. The number of aromatic nitrogens is 3. The summed E-state index contributed by atoms with van der Waals surface area (Å²) in [6, 6.07) is 8.34. The molecule has 0 saturated carbocycles. The molecule has 0 aliphatic heterocycles. The highest BCUT2D eigenvalue weighted by molar-refractivity contribution is 6.31. The monoisotopic (exact) mass is 357 g/mol. The number of carbonyl (C=O) groups is 1. The molecule has 25 heavy (non-hydrogen) atoms. The summed E-state index contributed by atoms with van der Waals surface area (Å²) >= 11 is 5.90. The number of carboxylic acid groups (broad SMARTS) is 1. The first kappa shape index (κ1) is 16.5. The van der Waals surface area contributed by atoms with E-state index in [0.29, 0.717) is 11.2 Å². The second-order valence-corrected chi connectivity index (χ2v) is 5.72. The molecule has 2 heterocycles. The fourth-order valence-electron chi connectivity index (χ4n) is 2.57. The third kappa shape index (κ3) is 2.70. The first-order valence-electron chi connectivity index (χ1n) is 7.10. The van der Waals surface area contributed by atoms with Crippen molar-refractivity contribution in [2.45, 2.75) is 0 Å². The van der Waals surface area contributed by atoms with Gasteiger partial charge in [-0.25, -0.2) is 14.6 Å². The summed E-state index contributed by atoms with van der Waals surface area (Å²) in [4.78, 5) is 26.8. The zero-order valence-electron chi connectivity index (χ0n) is 13.2. The Morgan fingerprint density at radius 3 is 2.60 bits per heavy atom. The highest BCUT2D eigenvalue weighted by atomic mass is 35.5. The molecule has 0 saturated heterocycles. The molecule has 0 fully saturated rings. The number of halogens is 1. The van der Waals surface area contributed by atoms with E-state index in [1.807, 2.05) is 6.07 Å². The van der Waals surface area contributed by atoms with Crippen molar-refractivity contribution in [3.8, 4) is 6.07 Å². The van der Waals surface area contributed by atoms with E-state index in [2.05, 4.69) is 10.3 Å². The fraction of sp³-hybridized carbons (Fsp3) is 0.125. The van der Waals surface area contributed by atoms with E-state index in [1.165, 1.54) is 15.2 Å². The molecule has 0 aliphatic rings. The van der Waals surface area contributed by atoms with E-state index < -0.39 is 5.97 Å². The van der Waals surface area contributed by atoms with Crippen LogP contribution < -0.4 is 11.0 Å². The number of hydrogen-bond acceptors (Lipinski definition) is 5. The number of benzene rings is 1. The molecule has 2 N–H and O–H groups in total. The summed E-state index contributed by atoms with van der Waals surface area (Å²) < 4.78 is 3.01. The van der Waals surface area contributed by atoms with Crippen molar-refractivity contribution in [3.05, 3.63) is 51.2 Å². The average Bonchev–Trinajstić information content (AvgIpc) is 2.79. The molecular formula is C16H12ClN5O3. The number of nitriles is 1. The maximum atomic E-state index is 12.0. The Bertz CT molecular complexity index is 1120. The lowest BCUT2D eigenvalue weighted by Gasteiger charge is -2.10. The van der Waals surface area contributed by atoms with Crippen LogP contribution in [0.4, 0.5) is 11.4 Å². The van der Waals surface area contributed by atoms with Crippen LogP contribution in [0.5, 0.6) is 0 Å². The van der Waals surface area contributed by atoms with Gasteiger partial charge in [-0.05, 0) is 24.3 Å². The van der Waals surface area contributed by atoms with Gasteiger partial charge >= 0.3 is 11.7 Å². The van der Waals surface area contributed by atoms with Crippen LogP contribution in [0.2, 0.25) is 5.15 Å². The third-order valence-corrected chi connectivity index (χ3v) is 4.13. The number of pyridine rings is 1. The molecule has 0 bridgehead atoms. The number of anilines is 2. The van der Waals surface area contributed by atoms with Crippen LogP contribution in [0.15, 0.2) is 29.1 Å². The maximum absolute atomic E-state index is 12.0. The van der Waals surface area contributed by atoms with Gasteiger partial charge < -0.3 is 10.4 Å². The SMILES string of the molecule is Cn1c(=O)n(C)c2cc(Nc3cc(C(=O)O)nc(Cl)c3C#N)ccc21. The first-order valence-corrected chi connectivity index (χ1v) is 7.47. The standard InChI is InChI=1S/C16H12ClN5O3/c1-21-12-4-3-8(5-13(12)22(2)16(21)25)19-10-6-11(15(23)24)20-14(17)9(10)7-18/h3-6H,1-2H3,(H,19,20)(H,23,24). The van der Waals surface area contributed by atoms with Gasteiger partial charge in [-0.2, -0.15) is 5.26 Å². The van der Waals surface area contributed by atoms with Gasteiger partial charge in [-0.1, -0.05) is 11.6 Å². The van der Waals surface area contributed by atoms with Gasteiger partial charge in [0.2, 0.25) is 0 Å². The van der Waals surface area contributed by atoms with Gasteiger partial charge in [-0.15, -0.1) is 0 Å². The van der Waals surface area contributed by atoms with Crippen LogP contribution in [-0.2, 0) is 14.1 Å². The number of hydrogen-bond donors (Lipinski definition) is 2. The van der Waals surface area contributed by atoms with E-state index in [4.69, 9.17) is 16.7 Å². The summed E-state index contributed by atoms with van der Waals surface area (Å²) in [7, 11) is 3.33. The molecule has 0 amide bonds. The summed E-state index contributed by atoms with van der Waals surface area (Å²) in [5.41, 5.74) is 1.83. The summed E-state index contributed by atoms with van der Waals surface area (Å²) in [6.07, 6.45) is 0. The quantitative estimate of drug-likeness (QED) is 0.695. The van der Waals surface area contributed by atoms with Crippen molar-refractivity contribution in [3.63, 3.8) is 0 Å². The van der Waals surface area contributed by atoms with Crippen LogP contribution in [-0.4, -0.2) is 25.2 Å². The van der Waals surface area contributed by atoms with Crippen LogP contribution >= 0.6 is 11.6 Å². The zero-order chi connectivity index (χ0) is 18.3. The molecule has 0 unspecified atom stereocenters. The number of aromatic carboxylic acids is 1. The molecule has 2 aromatic heterocycles. The highest BCUT2D eigenvalue weighted by Crippen LogP contribution is 2.28. The molecule has 0 spiro atoms. The Hall–Kier alpha value is -3.31. The lowest BCUT2D eigenvalue weighted by atomic mass is 10.2. The predicted octanol–water partition coefficient (Wildman–Crippen LogP) is 2.24. The second kappa shape index (κ2) is 5.96. The minimum absolute atomic E-state index is 0.0358. The number of nitrogens with one attached hydrogen (secondary N) is 1. The van der Waals surface area contributed by atoms with Gasteiger partial charge in [0, 0.05) is 19.8 Å². The van der Waals surface area contributed by atoms with Crippen LogP contribution in [0.3, 0.4) is 0 Å². The number of rotatable bonds is 3. The Morgan fingerprint density at radius 1 is 1.28 bits per heavy atom. The minimum Gasteiger partial charge on any atom is -0.477 e. The fourth-order valence-corrected chi connectivity index (χ4v) is 2.80. The number of fused-ring (bicyclic) bond motifs is 1. The molecule has 0 radical (unpaired) electrons. The smallest absolute Gasteiger partial charge is 0.354 e. The number of carboxylic acids is 1. The molecule has 126 valence electrons.